The zero-order chi connectivity index (χ0) is 18.6. The summed E-state index contributed by atoms with van der Waals surface area (Å²) in [4.78, 5) is 45.8. The van der Waals surface area contributed by atoms with E-state index in [0.29, 0.717) is 24.5 Å². The molecule has 1 saturated heterocycles. The van der Waals surface area contributed by atoms with Crippen molar-refractivity contribution >= 4 is 11.9 Å². The molecular formula is C18H25N3O4. The molecular weight excluding hydrogens is 322 g/mol. The minimum Gasteiger partial charge on any atom is -0.481 e. The molecule has 2 heterocycles. The van der Waals surface area contributed by atoms with Crippen molar-refractivity contribution in [2.75, 3.05) is 13.1 Å². The highest BCUT2D eigenvalue weighted by Crippen LogP contribution is 2.49. The van der Waals surface area contributed by atoms with E-state index in [1.807, 2.05) is 20.8 Å². The fraction of sp³-hybridized carbons (Fsp3) is 0.667. The number of amides is 1. The minimum atomic E-state index is -0.852. The standard InChI is InChI=1S/C18H25N3O4/c1-10-12(13(22)20-15(19-10)17(2,3)4)14(23)21-8-11-6-5-7-18(11,9-21)16(24)25/h11H,5-9H2,1-4H3,(H,24,25)(H,19,20,22)/t11-,18+/m0/s1. The van der Waals surface area contributed by atoms with Crippen LogP contribution in [0, 0.1) is 18.3 Å². The Morgan fingerprint density at radius 1 is 1.36 bits per heavy atom. The van der Waals surface area contributed by atoms with Crippen molar-refractivity contribution in [3.8, 4) is 0 Å². The molecule has 0 radical (unpaired) electrons. The number of fused-ring (bicyclic) bond motifs is 1. The van der Waals surface area contributed by atoms with Crippen LogP contribution in [0.25, 0.3) is 0 Å². The number of carbonyl (C=O) groups is 2. The van der Waals surface area contributed by atoms with Gasteiger partial charge < -0.3 is 15.0 Å². The highest BCUT2D eigenvalue weighted by atomic mass is 16.4. The third kappa shape index (κ3) is 2.75. The Bertz CT molecular complexity index is 792. The van der Waals surface area contributed by atoms with Gasteiger partial charge in [-0.15, -0.1) is 0 Å². The number of carboxylic acids is 1. The SMILES string of the molecule is Cc1nc(C(C)(C)C)[nH]c(=O)c1C(=O)N1C[C@@H]2CCC[C@@]2(C(=O)O)C1. The lowest BCUT2D eigenvalue weighted by molar-refractivity contribution is -0.149. The van der Waals surface area contributed by atoms with Gasteiger partial charge in [-0.2, -0.15) is 0 Å². The van der Waals surface area contributed by atoms with Crippen molar-refractivity contribution in [1.29, 1.82) is 0 Å². The summed E-state index contributed by atoms with van der Waals surface area (Å²) in [5, 5.41) is 9.66. The van der Waals surface area contributed by atoms with Gasteiger partial charge in [0.05, 0.1) is 11.1 Å². The molecule has 7 nitrogen and oxygen atoms in total. The van der Waals surface area contributed by atoms with Crippen LogP contribution in [0.3, 0.4) is 0 Å². The average Bonchev–Trinajstić information content (AvgIpc) is 3.02. The summed E-state index contributed by atoms with van der Waals surface area (Å²) >= 11 is 0. The van der Waals surface area contributed by atoms with Gasteiger partial charge in [0.2, 0.25) is 0 Å². The molecule has 25 heavy (non-hydrogen) atoms. The van der Waals surface area contributed by atoms with Crippen LogP contribution in [0.15, 0.2) is 4.79 Å². The third-order valence-electron chi connectivity index (χ3n) is 5.61. The molecule has 2 fully saturated rings. The van der Waals surface area contributed by atoms with Crippen LogP contribution in [-0.4, -0.2) is 44.9 Å². The second kappa shape index (κ2) is 5.68. The first-order valence-corrected chi connectivity index (χ1v) is 8.70. The molecule has 2 atom stereocenters. The zero-order valence-corrected chi connectivity index (χ0v) is 15.2. The molecule has 2 N–H and O–H groups in total. The van der Waals surface area contributed by atoms with Crippen LogP contribution >= 0.6 is 0 Å². The molecule has 136 valence electrons. The summed E-state index contributed by atoms with van der Waals surface area (Å²) in [6, 6.07) is 0. The molecule has 0 spiro atoms. The summed E-state index contributed by atoms with van der Waals surface area (Å²) in [5.74, 6) is -0.749. The predicted octanol–water partition coefficient (Wildman–Crippen LogP) is 1.70. The lowest BCUT2D eigenvalue weighted by atomic mass is 9.81. The number of hydrogen-bond donors (Lipinski definition) is 2. The number of aryl methyl sites for hydroxylation is 1. The molecule has 0 aromatic carbocycles. The number of carbonyl (C=O) groups excluding carboxylic acids is 1. The number of aromatic nitrogens is 2. The van der Waals surface area contributed by atoms with E-state index in [2.05, 4.69) is 9.97 Å². The number of aromatic amines is 1. The normalized spacial score (nSPS) is 25.9. The first-order chi connectivity index (χ1) is 11.6. The number of likely N-dealkylation sites (tertiary alicyclic amines) is 1. The van der Waals surface area contributed by atoms with Crippen LogP contribution in [0.5, 0.6) is 0 Å². The number of hydrogen-bond acceptors (Lipinski definition) is 4. The molecule has 1 aromatic heterocycles. The van der Waals surface area contributed by atoms with Gasteiger partial charge in [-0.05, 0) is 25.7 Å². The number of H-pyrrole nitrogens is 1. The fourth-order valence-electron chi connectivity index (χ4n) is 4.14. The van der Waals surface area contributed by atoms with Crippen molar-refractivity contribution in [3.05, 3.63) is 27.4 Å². The van der Waals surface area contributed by atoms with Crippen molar-refractivity contribution in [3.63, 3.8) is 0 Å². The molecule has 2 aliphatic rings. The largest absolute Gasteiger partial charge is 0.481 e. The lowest BCUT2D eigenvalue weighted by Gasteiger charge is -2.23. The summed E-state index contributed by atoms with van der Waals surface area (Å²) in [6.07, 6.45) is 2.28. The van der Waals surface area contributed by atoms with E-state index < -0.39 is 22.9 Å². The Hall–Kier alpha value is -2.18. The molecule has 1 amide bonds. The molecule has 1 aromatic rings. The Morgan fingerprint density at radius 2 is 2.04 bits per heavy atom. The number of aliphatic carboxylic acids is 1. The maximum absolute atomic E-state index is 12.9. The van der Waals surface area contributed by atoms with E-state index in [1.165, 1.54) is 4.90 Å². The first kappa shape index (κ1) is 17.6. The van der Waals surface area contributed by atoms with Gasteiger partial charge in [0, 0.05) is 18.5 Å². The van der Waals surface area contributed by atoms with E-state index in [1.54, 1.807) is 6.92 Å². The van der Waals surface area contributed by atoms with Crippen molar-refractivity contribution in [2.24, 2.45) is 11.3 Å². The number of rotatable bonds is 2. The molecule has 1 saturated carbocycles. The van der Waals surface area contributed by atoms with Crippen LogP contribution < -0.4 is 5.56 Å². The van der Waals surface area contributed by atoms with E-state index >= 15 is 0 Å². The molecule has 0 unspecified atom stereocenters. The van der Waals surface area contributed by atoms with Gasteiger partial charge in [-0.25, -0.2) is 4.98 Å². The first-order valence-electron chi connectivity index (χ1n) is 8.70. The fourth-order valence-corrected chi connectivity index (χ4v) is 4.14. The Morgan fingerprint density at radius 3 is 2.56 bits per heavy atom. The molecule has 1 aliphatic heterocycles. The third-order valence-corrected chi connectivity index (χ3v) is 5.61. The number of nitrogens with zero attached hydrogens (tertiary/aromatic N) is 2. The second-order valence-corrected chi connectivity index (χ2v) is 8.36. The summed E-state index contributed by atoms with van der Waals surface area (Å²) < 4.78 is 0. The van der Waals surface area contributed by atoms with Crippen molar-refractivity contribution in [1.82, 2.24) is 14.9 Å². The van der Waals surface area contributed by atoms with Gasteiger partial charge >= 0.3 is 5.97 Å². The highest BCUT2D eigenvalue weighted by Gasteiger charge is 2.56. The number of carboxylic acid groups (broad SMARTS) is 1. The van der Waals surface area contributed by atoms with Gasteiger partial charge in [0.1, 0.15) is 11.4 Å². The molecule has 1 aliphatic carbocycles. The van der Waals surface area contributed by atoms with E-state index in [0.717, 1.165) is 12.8 Å². The van der Waals surface area contributed by atoms with Crippen LogP contribution in [0.1, 0.15) is 61.9 Å². The maximum Gasteiger partial charge on any atom is 0.311 e. The van der Waals surface area contributed by atoms with E-state index in [9.17, 15) is 19.5 Å². The van der Waals surface area contributed by atoms with Crippen LogP contribution in [0.4, 0.5) is 0 Å². The summed E-state index contributed by atoms with van der Waals surface area (Å²) in [5.41, 5.74) is -1.23. The van der Waals surface area contributed by atoms with E-state index in [-0.39, 0.29) is 23.4 Å². The average molecular weight is 347 g/mol. The quantitative estimate of drug-likeness (QED) is 0.847. The van der Waals surface area contributed by atoms with Crippen LogP contribution in [0.2, 0.25) is 0 Å². The van der Waals surface area contributed by atoms with E-state index in [4.69, 9.17) is 0 Å². The van der Waals surface area contributed by atoms with Crippen LogP contribution in [-0.2, 0) is 10.2 Å². The minimum absolute atomic E-state index is 0.0218. The summed E-state index contributed by atoms with van der Waals surface area (Å²) in [6.45, 7) is 8.03. The zero-order valence-electron chi connectivity index (χ0n) is 15.2. The monoisotopic (exact) mass is 347 g/mol. The maximum atomic E-state index is 12.9. The summed E-state index contributed by atoms with van der Waals surface area (Å²) in [7, 11) is 0. The van der Waals surface area contributed by atoms with Crippen molar-refractivity contribution in [2.45, 2.75) is 52.4 Å². The molecule has 3 rings (SSSR count). The number of nitrogens with one attached hydrogen (secondary N) is 1. The predicted molar refractivity (Wildman–Crippen MR) is 91.6 cm³/mol. The van der Waals surface area contributed by atoms with Crippen molar-refractivity contribution < 1.29 is 14.7 Å². The Balaban J connectivity index is 1.93. The smallest absolute Gasteiger partial charge is 0.311 e. The lowest BCUT2D eigenvalue weighted by Crippen LogP contribution is -2.39. The Labute approximate surface area is 146 Å². The van der Waals surface area contributed by atoms with Gasteiger partial charge in [0.15, 0.2) is 0 Å². The highest BCUT2D eigenvalue weighted by molar-refractivity contribution is 5.95. The van der Waals surface area contributed by atoms with Gasteiger partial charge in [-0.3, -0.25) is 14.4 Å². The van der Waals surface area contributed by atoms with Gasteiger partial charge in [-0.1, -0.05) is 27.2 Å². The Kier molecular flexibility index (Phi) is 4.00. The second-order valence-electron chi connectivity index (χ2n) is 8.36. The topological polar surface area (TPSA) is 103 Å². The molecule has 7 heteroatoms. The molecule has 0 bridgehead atoms. The van der Waals surface area contributed by atoms with Gasteiger partial charge in [0.25, 0.3) is 11.5 Å².